The number of nitrogens with one attached hydrogen (secondary N) is 1. The fourth-order valence-electron chi connectivity index (χ4n) is 0.896. The molecule has 5 heteroatoms. The number of hydrogen-bond acceptors (Lipinski definition) is 2. The summed E-state index contributed by atoms with van der Waals surface area (Å²) in [5.74, 6) is -0.609. The van der Waals surface area contributed by atoms with Gasteiger partial charge >= 0.3 is 99.1 Å². The van der Waals surface area contributed by atoms with Crippen molar-refractivity contribution in [3.05, 3.63) is 29.8 Å². The van der Waals surface area contributed by atoms with Crippen LogP contribution in [0.25, 0.3) is 0 Å². The number of unbranched alkanes of at least 4 members (excludes halogenated alkanes) is 1. The monoisotopic (exact) mass is 324 g/mol. The molecular formula is C10H14FIN2O. The normalized spacial score (nSPS) is 10.3. The van der Waals surface area contributed by atoms with E-state index < -0.39 is 27.3 Å². The van der Waals surface area contributed by atoms with Crippen LogP contribution in [-0.2, 0) is 0 Å². The second-order valence-electron chi connectivity index (χ2n) is 2.99. The first kappa shape index (κ1) is 12.4. The van der Waals surface area contributed by atoms with Crippen LogP contribution in [0.3, 0.4) is 0 Å². The van der Waals surface area contributed by atoms with Gasteiger partial charge in [-0.2, -0.15) is 0 Å². The van der Waals surface area contributed by atoms with Crippen molar-refractivity contribution >= 4 is 27.4 Å². The molecule has 0 unspecified atom stereocenters. The molecule has 0 saturated carbocycles. The molecule has 3 nitrogen and oxygen atoms in total. The predicted molar refractivity (Wildman–Crippen MR) is 66.9 cm³/mol. The summed E-state index contributed by atoms with van der Waals surface area (Å²) in [7, 11) is 0. The molecule has 0 aliphatic rings. The van der Waals surface area contributed by atoms with E-state index in [9.17, 15) is 9.18 Å². The van der Waals surface area contributed by atoms with Gasteiger partial charge in [-0.1, -0.05) is 0 Å². The molecule has 0 spiro atoms. The molecule has 1 rings (SSSR count). The predicted octanol–water partition coefficient (Wildman–Crippen LogP) is 2.37. The van der Waals surface area contributed by atoms with E-state index >= 15 is 0 Å². The quantitative estimate of drug-likeness (QED) is 0.391. The van der Waals surface area contributed by atoms with Gasteiger partial charge in [0.1, 0.15) is 0 Å². The Labute approximate surface area is 99.1 Å². The van der Waals surface area contributed by atoms with E-state index in [2.05, 4.69) is 15.4 Å². The van der Waals surface area contributed by atoms with Gasteiger partial charge < -0.3 is 0 Å². The van der Waals surface area contributed by atoms with Crippen molar-refractivity contribution in [3.8, 4) is 0 Å². The Morgan fingerprint density at radius 3 is 3.00 bits per heavy atom. The molecule has 1 aromatic heterocycles. The van der Waals surface area contributed by atoms with Crippen LogP contribution in [0.2, 0.25) is 0 Å². The third-order valence-electron chi connectivity index (χ3n) is 1.72. The van der Waals surface area contributed by atoms with Gasteiger partial charge in [-0.25, -0.2) is 0 Å². The standard InChI is InChI=1S/C10H14FIN2O/c1-2-3-6-12-14-10(15)9-5-4-8(11)7-13-9/h4-5,7,12H,2-3,6H2,1H3,(H,14,15). The van der Waals surface area contributed by atoms with Crippen LogP contribution in [0.4, 0.5) is 4.39 Å². The number of aromatic nitrogens is 1. The molecule has 0 aliphatic heterocycles. The zero-order valence-electron chi connectivity index (χ0n) is 8.50. The van der Waals surface area contributed by atoms with E-state index in [1.54, 1.807) is 0 Å². The van der Waals surface area contributed by atoms with Crippen LogP contribution in [0.1, 0.15) is 30.3 Å². The minimum absolute atomic E-state index is 0.187. The second-order valence-corrected chi connectivity index (χ2v) is 5.57. The Morgan fingerprint density at radius 2 is 2.40 bits per heavy atom. The third kappa shape index (κ3) is 4.55. The number of nitrogens with zero attached hydrogens (tertiary/aromatic N) is 1. The van der Waals surface area contributed by atoms with Crippen molar-refractivity contribution in [1.82, 2.24) is 8.51 Å². The molecule has 84 valence electrons. The first-order chi connectivity index (χ1) is 7.24. The molecule has 0 radical (unpaired) electrons. The average molecular weight is 324 g/mol. The number of amides is 1. The number of pyridine rings is 1. The topological polar surface area (TPSA) is 42.0 Å². The van der Waals surface area contributed by atoms with E-state index in [4.69, 9.17) is 0 Å². The van der Waals surface area contributed by atoms with Gasteiger partial charge in [0.15, 0.2) is 0 Å². The number of alkyl halides is 1. The Morgan fingerprint density at radius 1 is 1.60 bits per heavy atom. The van der Waals surface area contributed by atoms with Crippen LogP contribution in [0.15, 0.2) is 18.3 Å². The maximum absolute atomic E-state index is 12.5. The molecule has 1 amide bonds. The molecule has 15 heavy (non-hydrogen) atoms. The Hall–Kier alpha value is -0.720. The van der Waals surface area contributed by atoms with Gasteiger partial charge in [0.25, 0.3) is 0 Å². The summed E-state index contributed by atoms with van der Waals surface area (Å²) < 4.78 is 16.5. The van der Waals surface area contributed by atoms with E-state index in [0.29, 0.717) is 0 Å². The summed E-state index contributed by atoms with van der Waals surface area (Å²) in [6.45, 7) is 2.12. The zero-order chi connectivity index (χ0) is 11.1. The van der Waals surface area contributed by atoms with Gasteiger partial charge in [-0.05, 0) is 0 Å². The first-order valence-electron chi connectivity index (χ1n) is 4.77. The summed E-state index contributed by atoms with van der Waals surface area (Å²) in [5.41, 5.74) is 0.290. The van der Waals surface area contributed by atoms with Gasteiger partial charge in [0.2, 0.25) is 0 Å². The number of carbonyl (C=O) groups excluding carboxylic acids is 1. The molecule has 0 bridgehead atoms. The van der Waals surface area contributed by atoms with E-state index in [1.165, 1.54) is 12.1 Å². The molecular weight excluding hydrogens is 310 g/mol. The summed E-state index contributed by atoms with van der Waals surface area (Å²) >= 11 is -0.459. The minimum atomic E-state index is -0.459. The van der Waals surface area contributed by atoms with Gasteiger partial charge in [-0.3, -0.25) is 0 Å². The van der Waals surface area contributed by atoms with Crippen molar-refractivity contribution in [2.75, 3.05) is 4.43 Å². The number of carbonyl (C=O) groups is 1. The molecule has 0 atom stereocenters. The van der Waals surface area contributed by atoms with Gasteiger partial charge in [-0.15, -0.1) is 0 Å². The van der Waals surface area contributed by atoms with Crippen LogP contribution in [0.5, 0.6) is 0 Å². The Kier molecular flexibility index (Phi) is 5.52. The summed E-state index contributed by atoms with van der Waals surface area (Å²) in [5, 5.41) is 0. The van der Waals surface area contributed by atoms with Gasteiger partial charge in [0, 0.05) is 0 Å². The van der Waals surface area contributed by atoms with Crippen LogP contribution >= 0.6 is 21.5 Å². The summed E-state index contributed by atoms with van der Waals surface area (Å²) in [4.78, 5) is 15.2. The molecule has 0 fully saturated rings. The number of halogens is 2. The first-order valence-corrected chi connectivity index (χ1v) is 7.59. The zero-order valence-corrected chi connectivity index (χ0v) is 10.8. The molecule has 1 aromatic rings. The van der Waals surface area contributed by atoms with Crippen molar-refractivity contribution in [3.63, 3.8) is 0 Å². The van der Waals surface area contributed by atoms with Crippen LogP contribution < -0.4 is 3.53 Å². The molecule has 1 heterocycles. The van der Waals surface area contributed by atoms with Crippen molar-refractivity contribution in [2.24, 2.45) is 0 Å². The Balaban J connectivity index is 2.37. The average Bonchev–Trinajstić information content (AvgIpc) is 2.25. The fourth-order valence-corrected chi connectivity index (χ4v) is 3.10. The Bertz CT molecular complexity index is 316. The second kappa shape index (κ2) is 6.71. The number of rotatable bonds is 5. The van der Waals surface area contributed by atoms with E-state index in [1.807, 2.05) is 0 Å². The third-order valence-corrected chi connectivity index (χ3v) is 4.07. The van der Waals surface area contributed by atoms with E-state index in [-0.39, 0.29) is 11.6 Å². The fraction of sp³-hybridized carbons (Fsp3) is 0.400. The van der Waals surface area contributed by atoms with Crippen molar-refractivity contribution in [2.45, 2.75) is 19.8 Å². The SMILES string of the molecule is CCCC[IH]NC(=O)c1ccc(F)cn1. The van der Waals surface area contributed by atoms with Crippen molar-refractivity contribution in [1.29, 1.82) is 0 Å². The van der Waals surface area contributed by atoms with Crippen LogP contribution in [0, 0.1) is 5.82 Å². The van der Waals surface area contributed by atoms with Crippen molar-refractivity contribution < 1.29 is 9.18 Å². The molecule has 1 N–H and O–H groups in total. The summed E-state index contributed by atoms with van der Waals surface area (Å²) in [6, 6.07) is 2.64. The van der Waals surface area contributed by atoms with Crippen LogP contribution in [-0.4, -0.2) is 15.3 Å². The van der Waals surface area contributed by atoms with E-state index in [0.717, 1.165) is 23.5 Å². The van der Waals surface area contributed by atoms with Gasteiger partial charge in [0.05, 0.1) is 0 Å². The molecule has 0 aromatic carbocycles. The maximum atomic E-state index is 12.5. The molecule has 0 aliphatic carbocycles. The number of hydrogen-bond donors (Lipinski definition) is 1. The summed E-state index contributed by atoms with van der Waals surface area (Å²) in [6.07, 6.45) is 3.36. The molecule has 0 saturated heterocycles.